The highest BCUT2D eigenvalue weighted by Gasteiger charge is 2.47. The van der Waals surface area contributed by atoms with Crippen molar-refractivity contribution in [1.29, 1.82) is 0 Å². The van der Waals surface area contributed by atoms with Crippen LogP contribution in [-0.4, -0.2) is 57.1 Å². The van der Waals surface area contributed by atoms with Crippen molar-refractivity contribution >= 4 is 18.1 Å². The van der Waals surface area contributed by atoms with Crippen LogP contribution in [0.1, 0.15) is 65.3 Å². The van der Waals surface area contributed by atoms with Crippen molar-refractivity contribution in [3.63, 3.8) is 0 Å². The number of fused-ring (bicyclic) bond motifs is 2. The summed E-state index contributed by atoms with van der Waals surface area (Å²) in [5.41, 5.74) is -0.630. The molecule has 0 unspecified atom stereocenters. The summed E-state index contributed by atoms with van der Waals surface area (Å²) in [5.74, 6) is 0.295. The molecule has 1 N–H and O–H groups in total. The molecule has 2 atom stereocenters. The molecule has 3 rings (SSSR count). The maximum absolute atomic E-state index is 12.7. The van der Waals surface area contributed by atoms with E-state index in [4.69, 9.17) is 14.0 Å². The first-order chi connectivity index (χ1) is 12.8. The van der Waals surface area contributed by atoms with Crippen molar-refractivity contribution in [2.24, 2.45) is 0 Å². The molecule has 1 aromatic rings. The number of unbranched alkanes of at least 4 members (excludes halogenated alkanes) is 1. The van der Waals surface area contributed by atoms with Gasteiger partial charge in [0, 0.05) is 6.54 Å². The third-order valence-electron chi connectivity index (χ3n) is 4.38. The largest absolute Gasteiger partial charge is 0.443 e. The summed E-state index contributed by atoms with van der Waals surface area (Å²) in [6.07, 6.45) is 2.72. The van der Waals surface area contributed by atoms with E-state index in [9.17, 15) is 9.59 Å². The second kappa shape index (κ2) is 7.71. The molecule has 10 nitrogen and oxygen atoms in total. The fourth-order valence-corrected chi connectivity index (χ4v) is 3.17. The number of rotatable bonds is 6. The van der Waals surface area contributed by atoms with E-state index in [0.717, 1.165) is 19.3 Å². The van der Waals surface area contributed by atoms with Crippen LogP contribution in [-0.2, 0) is 9.57 Å². The fourth-order valence-electron chi connectivity index (χ4n) is 3.17. The van der Waals surface area contributed by atoms with Crippen molar-refractivity contribution in [1.82, 2.24) is 20.2 Å². The van der Waals surface area contributed by atoms with E-state index < -0.39 is 11.7 Å². The minimum absolute atomic E-state index is 0.0490. The zero-order chi connectivity index (χ0) is 19.6. The van der Waals surface area contributed by atoms with Crippen LogP contribution in [0.25, 0.3) is 0 Å². The number of aromatic nitrogens is 2. The number of hydrogen-bond acceptors (Lipinski definition) is 7. The number of ether oxygens (including phenoxy) is 1. The average Bonchev–Trinajstić information content (AvgIpc) is 3.12. The first-order valence-corrected chi connectivity index (χ1v) is 9.34. The molecule has 150 valence electrons. The predicted octanol–water partition coefficient (Wildman–Crippen LogP) is 3.09. The topological polar surface area (TPSA) is 110 Å². The number of carbonyl (C=O) groups is 2. The van der Waals surface area contributed by atoms with E-state index >= 15 is 0 Å². The normalized spacial score (nSPS) is 22.3. The van der Waals surface area contributed by atoms with E-state index in [1.807, 2.05) is 0 Å². The van der Waals surface area contributed by atoms with Gasteiger partial charge in [0.1, 0.15) is 11.6 Å². The molecule has 0 spiro atoms. The SMILES string of the molecule is CCCCON1C(=O)N2C[C@@H]1CC[C@H]2c1nnc(NC(=O)OC(C)(C)C)o1. The van der Waals surface area contributed by atoms with Crippen LogP contribution in [0.15, 0.2) is 4.42 Å². The second-order valence-electron chi connectivity index (χ2n) is 7.77. The minimum atomic E-state index is -0.672. The zero-order valence-corrected chi connectivity index (χ0v) is 16.2. The first kappa shape index (κ1) is 19.4. The van der Waals surface area contributed by atoms with Gasteiger partial charge >= 0.3 is 18.1 Å². The number of nitrogens with one attached hydrogen (secondary N) is 1. The molecular formula is C17H27N5O5. The molecule has 2 saturated heterocycles. The average molecular weight is 381 g/mol. The summed E-state index contributed by atoms with van der Waals surface area (Å²) < 4.78 is 10.7. The molecule has 2 fully saturated rings. The summed E-state index contributed by atoms with van der Waals surface area (Å²) >= 11 is 0. The quantitative estimate of drug-likeness (QED) is 0.754. The Morgan fingerprint density at radius 2 is 2.11 bits per heavy atom. The number of carbonyl (C=O) groups excluding carboxylic acids is 2. The van der Waals surface area contributed by atoms with Crippen LogP contribution in [0.4, 0.5) is 15.6 Å². The summed E-state index contributed by atoms with van der Waals surface area (Å²) in [6, 6.07) is -0.509. The van der Waals surface area contributed by atoms with Gasteiger partial charge in [-0.3, -0.25) is 4.84 Å². The number of urea groups is 1. The Balaban J connectivity index is 1.62. The Morgan fingerprint density at radius 3 is 2.81 bits per heavy atom. The predicted molar refractivity (Wildman–Crippen MR) is 94.7 cm³/mol. The lowest BCUT2D eigenvalue weighted by Crippen LogP contribution is -2.34. The number of piperidine rings is 1. The van der Waals surface area contributed by atoms with Crippen molar-refractivity contribution in [2.75, 3.05) is 18.5 Å². The number of amides is 3. The summed E-state index contributed by atoms with van der Waals surface area (Å²) in [4.78, 5) is 31.8. The van der Waals surface area contributed by atoms with Gasteiger partial charge in [-0.05, 0) is 40.0 Å². The van der Waals surface area contributed by atoms with Gasteiger partial charge in [-0.2, -0.15) is 5.06 Å². The van der Waals surface area contributed by atoms with Gasteiger partial charge in [-0.25, -0.2) is 14.9 Å². The Bertz CT molecular complexity index is 685. The smallest absolute Gasteiger partial charge is 0.415 e. The van der Waals surface area contributed by atoms with Crippen LogP contribution in [0.3, 0.4) is 0 Å². The standard InChI is InChI=1S/C17H27N5O5/c1-5-6-9-25-22-11-7-8-12(21(10-11)16(22)24)13-19-20-14(26-13)18-15(23)27-17(2,3)4/h11-12H,5-10H2,1-4H3,(H,18,20,23)/t11-,12-/m0/s1. The zero-order valence-electron chi connectivity index (χ0n) is 16.2. The molecule has 0 radical (unpaired) electrons. The van der Waals surface area contributed by atoms with E-state index in [2.05, 4.69) is 22.4 Å². The minimum Gasteiger partial charge on any atom is -0.443 e. The highest BCUT2D eigenvalue weighted by molar-refractivity contribution is 5.82. The molecule has 0 aliphatic carbocycles. The van der Waals surface area contributed by atoms with Gasteiger partial charge in [-0.1, -0.05) is 18.4 Å². The van der Waals surface area contributed by atoms with E-state index in [1.54, 1.807) is 25.7 Å². The van der Waals surface area contributed by atoms with E-state index in [1.165, 1.54) is 5.06 Å². The molecule has 10 heteroatoms. The van der Waals surface area contributed by atoms with Crippen molar-refractivity contribution < 1.29 is 23.6 Å². The van der Waals surface area contributed by atoms with Crippen LogP contribution in [0, 0.1) is 0 Å². The van der Waals surface area contributed by atoms with Crippen LogP contribution >= 0.6 is 0 Å². The molecule has 2 bridgehead atoms. The summed E-state index contributed by atoms with van der Waals surface area (Å²) in [7, 11) is 0. The third kappa shape index (κ3) is 4.49. The van der Waals surface area contributed by atoms with Crippen molar-refractivity contribution in [3.8, 4) is 0 Å². The lowest BCUT2D eigenvalue weighted by molar-refractivity contribution is -0.130. The number of anilines is 1. The Morgan fingerprint density at radius 1 is 1.33 bits per heavy atom. The lowest BCUT2D eigenvalue weighted by atomic mass is 10.0. The number of hydroxylamine groups is 2. The Hall–Kier alpha value is -2.36. The van der Waals surface area contributed by atoms with Gasteiger partial charge in [0.05, 0.1) is 12.6 Å². The highest BCUT2D eigenvalue weighted by Crippen LogP contribution is 2.38. The number of hydrogen-bond donors (Lipinski definition) is 1. The molecule has 2 aliphatic heterocycles. The Kier molecular flexibility index (Phi) is 5.54. The highest BCUT2D eigenvalue weighted by atomic mass is 16.7. The fraction of sp³-hybridized carbons (Fsp3) is 0.765. The maximum Gasteiger partial charge on any atom is 0.415 e. The first-order valence-electron chi connectivity index (χ1n) is 9.34. The molecule has 3 heterocycles. The van der Waals surface area contributed by atoms with Gasteiger partial charge in [0.2, 0.25) is 5.89 Å². The van der Waals surface area contributed by atoms with Gasteiger partial charge in [0.25, 0.3) is 0 Å². The molecule has 2 aliphatic rings. The summed E-state index contributed by atoms with van der Waals surface area (Å²) in [6.45, 7) is 8.45. The van der Waals surface area contributed by atoms with Crippen molar-refractivity contribution in [2.45, 2.75) is 71.1 Å². The van der Waals surface area contributed by atoms with Gasteiger partial charge in [0.15, 0.2) is 0 Å². The maximum atomic E-state index is 12.7. The van der Waals surface area contributed by atoms with Crippen molar-refractivity contribution in [3.05, 3.63) is 5.89 Å². The molecule has 1 aromatic heterocycles. The second-order valence-corrected chi connectivity index (χ2v) is 7.77. The van der Waals surface area contributed by atoms with Crippen LogP contribution < -0.4 is 5.32 Å². The Labute approximate surface area is 158 Å². The monoisotopic (exact) mass is 381 g/mol. The third-order valence-corrected chi connectivity index (χ3v) is 4.38. The molecular weight excluding hydrogens is 354 g/mol. The van der Waals surface area contributed by atoms with Crippen LogP contribution in [0.2, 0.25) is 0 Å². The summed E-state index contributed by atoms with van der Waals surface area (Å²) in [5, 5.41) is 11.7. The van der Waals surface area contributed by atoms with E-state index in [0.29, 0.717) is 25.5 Å². The molecule has 27 heavy (non-hydrogen) atoms. The molecule has 0 saturated carbocycles. The molecule has 0 aromatic carbocycles. The lowest BCUT2D eigenvalue weighted by Gasteiger charge is -2.27. The van der Waals surface area contributed by atoms with E-state index in [-0.39, 0.29) is 24.1 Å². The van der Waals surface area contributed by atoms with Crippen LogP contribution in [0.5, 0.6) is 0 Å². The van der Waals surface area contributed by atoms with Gasteiger partial charge < -0.3 is 14.1 Å². The van der Waals surface area contributed by atoms with Gasteiger partial charge in [-0.15, -0.1) is 5.10 Å². The number of nitrogens with zero attached hydrogens (tertiary/aromatic N) is 4. The molecule has 3 amide bonds.